The van der Waals surface area contributed by atoms with Gasteiger partial charge in [-0.3, -0.25) is 9.59 Å². The van der Waals surface area contributed by atoms with Gasteiger partial charge in [0.2, 0.25) is 0 Å². The Balaban J connectivity index is 4.50. The Labute approximate surface area is 316 Å². The fourth-order valence-corrected chi connectivity index (χ4v) is 4.80. The Bertz CT molecular complexity index is 1170. The minimum absolute atomic E-state index is 0.0130. The molecule has 2 atom stereocenters. The van der Waals surface area contributed by atoms with Crippen LogP contribution < -0.4 is 5.11 Å². The van der Waals surface area contributed by atoms with Gasteiger partial charge >= 0.3 is 11.9 Å². The standard InChI is InChI=1S/C44H69NO7/c1-6-8-10-12-14-16-17-18-19-20-21-22-23-24-25-27-28-30-32-34-42(46)51-39-40(38-50-37-36-41(44(48)49)45(3,4)5)52-43(47)35-33-31-29-26-15-13-11-9-7-2/h8-11,14-16,18-19,21-22,24-26,31,33,40-41H,6-7,12-13,17,20,23,27-30,32,34-39H2,1-5H3/b10-8+,11-9+,16-14+,19-18+,22-21+,25-24+,26-15+,33-31+. The van der Waals surface area contributed by atoms with Crippen molar-refractivity contribution in [3.05, 3.63) is 97.2 Å². The molecule has 0 spiro atoms. The number of carboxylic acids is 1. The zero-order valence-electron chi connectivity index (χ0n) is 32.9. The molecule has 0 aliphatic rings. The number of likely N-dealkylation sites (N-methyl/N-ethyl adjacent to an activating group) is 1. The van der Waals surface area contributed by atoms with Crippen molar-refractivity contribution < 1.29 is 38.2 Å². The number of unbranched alkanes of at least 4 members (excludes halogenated alkanes) is 3. The van der Waals surface area contributed by atoms with E-state index in [2.05, 4.69) is 92.8 Å². The molecule has 0 rings (SSSR count). The second-order valence-corrected chi connectivity index (χ2v) is 13.4. The third kappa shape index (κ3) is 32.2. The van der Waals surface area contributed by atoms with E-state index >= 15 is 0 Å². The quantitative estimate of drug-likeness (QED) is 0.0297. The lowest BCUT2D eigenvalue weighted by Gasteiger charge is -2.34. The van der Waals surface area contributed by atoms with Gasteiger partial charge in [0, 0.05) is 12.8 Å². The minimum Gasteiger partial charge on any atom is -0.544 e. The van der Waals surface area contributed by atoms with Gasteiger partial charge in [-0.2, -0.15) is 0 Å². The fourth-order valence-electron chi connectivity index (χ4n) is 4.80. The molecule has 8 heteroatoms. The van der Waals surface area contributed by atoms with E-state index in [1.54, 1.807) is 27.2 Å². The molecule has 0 aromatic carbocycles. The van der Waals surface area contributed by atoms with Crippen LogP contribution >= 0.6 is 0 Å². The number of aliphatic carboxylic acids is 1. The number of allylic oxidation sites excluding steroid dienone is 15. The molecule has 0 fully saturated rings. The highest BCUT2D eigenvalue weighted by Crippen LogP contribution is 2.10. The zero-order chi connectivity index (χ0) is 38.5. The molecule has 0 saturated carbocycles. The van der Waals surface area contributed by atoms with Crippen molar-refractivity contribution in [3.63, 3.8) is 0 Å². The van der Waals surface area contributed by atoms with Gasteiger partial charge in [-0.05, 0) is 70.6 Å². The first kappa shape index (κ1) is 48.2. The summed E-state index contributed by atoms with van der Waals surface area (Å²) in [5.74, 6) is -1.95. The van der Waals surface area contributed by atoms with Gasteiger partial charge in [0.1, 0.15) is 12.6 Å². The van der Waals surface area contributed by atoms with Crippen LogP contribution in [0.5, 0.6) is 0 Å². The van der Waals surface area contributed by atoms with Crippen LogP contribution in [0, 0.1) is 0 Å². The summed E-state index contributed by atoms with van der Waals surface area (Å²) in [4.78, 5) is 36.5. The van der Waals surface area contributed by atoms with E-state index in [4.69, 9.17) is 14.2 Å². The van der Waals surface area contributed by atoms with Crippen molar-refractivity contribution in [2.24, 2.45) is 0 Å². The van der Waals surface area contributed by atoms with Crippen LogP contribution in [0.25, 0.3) is 0 Å². The summed E-state index contributed by atoms with van der Waals surface area (Å²) in [5.41, 5.74) is 0. The van der Waals surface area contributed by atoms with Crippen molar-refractivity contribution >= 4 is 17.9 Å². The van der Waals surface area contributed by atoms with Crippen LogP contribution in [0.2, 0.25) is 0 Å². The monoisotopic (exact) mass is 724 g/mol. The molecule has 0 N–H and O–H groups in total. The molecule has 0 aliphatic carbocycles. The Morgan fingerprint density at radius 2 is 1.08 bits per heavy atom. The molecule has 0 amide bonds. The maximum absolute atomic E-state index is 12.5. The van der Waals surface area contributed by atoms with Crippen LogP contribution in [0.15, 0.2) is 97.2 Å². The smallest absolute Gasteiger partial charge is 0.310 e. The lowest BCUT2D eigenvalue weighted by Crippen LogP contribution is -2.55. The maximum atomic E-state index is 12.5. The third-order valence-corrected chi connectivity index (χ3v) is 7.75. The molecule has 2 unspecified atom stereocenters. The number of rotatable bonds is 32. The lowest BCUT2D eigenvalue weighted by molar-refractivity contribution is -0.889. The SMILES string of the molecule is CC/C=C/C/C=C/C/C=C/C/C=C/C/C=C/CCCCCC(=O)OCC(COCCC(C(=O)[O-])[N+](C)(C)C)OC(=O)C/C=C/C/C=C/C/C=C/CC. The number of hydrogen-bond acceptors (Lipinski definition) is 7. The summed E-state index contributed by atoms with van der Waals surface area (Å²) in [6.07, 6.45) is 44.8. The van der Waals surface area contributed by atoms with Crippen molar-refractivity contribution in [2.75, 3.05) is 41.0 Å². The number of hydrogen-bond donors (Lipinski definition) is 0. The summed E-state index contributed by atoms with van der Waals surface area (Å²) in [6.45, 7) is 4.23. The Morgan fingerprint density at radius 3 is 1.56 bits per heavy atom. The molecule has 0 aliphatic heterocycles. The molecule has 0 aromatic heterocycles. The second kappa shape index (κ2) is 34.3. The molecule has 0 aromatic rings. The number of nitrogens with zero attached hydrogens (tertiary/aromatic N) is 1. The van der Waals surface area contributed by atoms with E-state index in [0.29, 0.717) is 12.8 Å². The summed E-state index contributed by atoms with van der Waals surface area (Å²) < 4.78 is 16.9. The molecule has 52 heavy (non-hydrogen) atoms. The fraction of sp³-hybridized carbons (Fsp3) is 0.568. The average molecular weight is 724 g/mol. The molecule has 0 heterocycles. The van der Waals surface area contributed by atoms with Crippen LogP contribution in [0.4, 0.5) is 0 Å². The molecular formula is C44H69NO7. The van der Waals surface area contributed by atoms with Crippen molar-refractivity contribution in [3.8, 4) is 0 Å². The number of carboxylic acid groups (broad SMARTS) is 1. The van der Waals surface area contributed by atoms with Gasteiger partial charge in [0.15, 0.2) is 6.10 Å². The first-order chi connectivity index (χ1) is 25.1. The maximum Gasteiger partial charge on any atom is 0.310 e. The van der Waals surface area contributed by atoms with Gasteiger partial charge in [0.25, 0.3) is 0 Å². The van der Waals surface area contributed by atoms with E-state index in [1.807, 2.05) is 12.2 Å². The van der Waals surface area contributed by atoms with E-state index in [-0.39, 0.29) is 49.5 Å². The first-order valence-corrected chi connectivity index (χ1v) is 19.3. The summed E-state index contributed by atoms with van der Waals surface area (Å²) in [6, 6.07) is -0.748. The molecule has 8 nitrogen and oxygen atoms in total. The van der Waals surface area contributed by atoms with Gasteiger partial charge in [-0.15, -0.1) is 0 Å². The van der Waals surface area contributed by atoms with Crippen LogP contribution in [-0.2, 0) is 28.6 Å². The van der Waals surface area contributed by atoms with E-state index < -0.39 is 24.1 Å². The highest BCUT2D eigenvalue weighted by Gasteiger charge is 2.25. The summed E-state index contributed by atoms with van der Waals surface area (Å²) in [5, 5.41) is 11.6. The molecule has 0 saturated heterocycles. The Hall–Kier alpha value is -3.75. The molecule has 0 radical (unpaired) electrons. The van der Waals surface area contributed by atoms with Crippen molar-refractivity contribution in [1.29, 1.82) is 0 Å². The topological polar surface area (TPSA) is 102 Å². The first-order valence-electron chi connectivity index (χ1n) is 19.3. The Kier molecular flexibility index (Phi) is 31.9. The number of carbonyl (C=O) groups excluding carboxylic acids is 3. The number of quaternary nitrogens is 1. The Morgan fingerprint density at radius 1 is 0.596 bits per heavy atom. The lowest BCUT2D eigenvalue weighted by atomic mass is 10.1. The average Bonchev–Trinajstić information content (AvgIpc) is 3.09. The van der Waals surface area contributed by atoms with Gasteiger partial charge < -0.3 is 28.6 Å². The van der Waals surface area contributed by atoms with Crippen LogP contribution in [-0.4, -0.2) is 75.5 Å². The summed E-state index contributed by atoms with van der Waals surface area (Å²) in [7, 11) is 5.34. The zero-order valence-corrected chi connectivity index (χ0v) is 32.9. The normalized spacial score (nSPS) is 14.1. The molecule has 0 bridgehead atoms. The van der Waals surface area contributed by atoms with Crippen LogP contribution in [0.3, 0.4) is 0 Å². The largest absolute Gasteiger partial charge is 0.544 e. The summed E-state index contributed by atoms with van der Waals surface area (Å²) >= 11 is 0. The number of esters is 2. The van der Waals surface area contributed by atoms with Crippen molar-refractivity contribution in [2.45, 2.75) is 122 Å². The highest BCUT2D eigenvalue weighted by atomic mass is 16.6. The molecular weight excluding hydrogens is 654 g/mol. The van der Waals surface area contributed by atoms with Gasteiger partial charge in [-0.25, -0.2) is 0 Å². The predicted molar refractivity (Wildman–Crippen MR) is 212 cm³/mol. The van der Waals surface area contributed by atoms with Crippen molar-refractivity contribution in [1.82, 2.24) is 0 Å². The predicted octanol–water partition coefficient (Wildman–Crippen LogP) is 8.62. The van der Waals surface area contributed by atoms with Gasteiger partial charge in [0.05, 0.1) is 46.7 Å². The minimum atomic E-state index is -1.15. The number of carbonyl (C=O) groups is 3. The highest BCUT2D eigenvalue weighted by molar-refractivity contribution is 5.71. The van der Waals surface area contributed by atoms with E-state index in [0.717, 1.165) is 64.2 Å². The third-order valence-electron chi connectivity index (χ3n) is 7.75. The second-order valence-electron chi connectivity index (χ2n) is 13.4. The number of ether oxygens (including phenoxy) is 3. The van der Waals surface area contributed by atoms with Crippen LogP contribution in [0.1, 0.15) is 110 Å². The molecule has 292 valence electrons. The van der Waals surface area contributed by atoms with E-state index in [1.165, 1.54) is 0 Å². The van der Waals surface area contributed by atoms with Gasteiger partial charge in [-0.1, -0.05) is 117 Å². The van der Waals surface area contributed by atoms with E-state index in [9.17, 15) is 19.5 Å².